The highest BCUT2D eigenvalue weighted by atomic mass is 32.2. The van der Waals surface area contributed by atoms with E-state index in [-0.39, 0.29) is 0 Å². The van der Waals surface area contributed by atoms with Gasteiger partial charge in [0.2, 0.25) is 0 Å². The number of thioether (sulfide) groups is 1. The third-order valence-electron chi connectivity index (χ3n) is 3.04. The molecule has 0 radical (unpaired) electrons. The standard InChI is InChI=1S/C11H15N5S2/c1-7-10(18-11(12)13-7)17-6-9-15-14-8-4-2-3-5-16(8)9/h2-6H2,1H3,(H2,12,13). The summed E-state index contributed by atoms with van der Waals surface area (Å²) in [5.74, 6) is 3.05. The second-order valence-electron chi connectivity index (χ2n) is 4.35. The van der Waals surface area contributed by atoms with Gasteiger partial charge in [-0.2, -0.15) is 0 Å². The predicted molar refractivity (Wildman–Crippen MR) is 73.8 cm³/mol. The second kappa shape index (κ2) is 4.89. The molecule has 5 nitrogen and oxygen atoms in total. The molecule has 2 aromatic heterocycles. The number of fused-ring (bicyclic) bond motifs is 1. The van der Waals surface area contributed by atoms with Crippen molar-refractivity contribution in [3.05, 3.63) is 17.3 Å². The quantitative estimate of drug-likeness (QED) is 0.874. The Labute approximate surface area is 114 Å². The molecule has 0 aromatic carbocycles. The largest absolute Gasteiger partial charge is 0.375 e. The highest BCUT2D eigenvalue weighted by Gasteiger charge is 2.16. The Morgan fingerprint density at radius 2 is 2.28 bits per heavy atom. The molecule has 96 valence electrons. The predicted octanol–water partition coefficient (Wildman–Crippen LogP) is 2.25. The Kier molecular flexibility index (Phi) is 3.25. The monoisotopic (exact) mass is 281 g/mol. The van der Waals surface area contributed by atoms with E-state index in [2.05, 4.69) is 19.7 Å². The lowest BCUT2D eigenvalue weighted by Gasteiger charge is -2.14. The van der Waals surface area contributed by atoms with Crippen LogP contribution >= 0.6 is 23.1 Å². The van der Waals surface area contributed by atoms with E-state index in [0.717, 1.165) is 36.1 Å². The van der Waals surface area contributed by atoms with Gasteiger partial charge in [-0.3, -0.25) is 0 Å². The highest BCUT2D eigenvalue weighted by Crippen LogP contribution is 2.32. The van der Waals surface area contributed by atoms with E-state index in [9.17, 15) is 0 Å². The van der Waals surface area contributed by atoms with Crippen molar-refractivity contribution in [1.82, 2.24) is 19.7 Å². The molecule has 0 atom stereocenters. The number of nitrogens with two attached hydrogens (primary N) is 1. The van der Waals surface area contributed by atoms with Crippen molar-refractivity contribution in [1.29, 1.82) is 0 Å². The number of hydrogen-bond acceptors (Lipinski definition) is 6. The molecule has 1 aliphatic heterocycles. The molecule has 0 saturated heterocycles. The van der Waals surface area contributed by atoms with Crippen LogP contribution in [0, 0.1) is 6.92 Å². The van der Waals surface area contributed by atoms with Crippen LogP contribution in [0.2, 0.25) is 0 Å². The molecule has 0 aliphatic carbocycles. The molecule has 0 spiro atoms. The first kappa shape index (κ1) is 12.0. The number of thiazole rings is 1. The minimum absolute atomic E-state index is 0.637. The average molecular weight is 281 g/mol. The van der Waals surface area contributed by atoms with E-state index in [0.29, 0.717) is 5.13 Å². The maximum absolute atomic E-state index is 5.70. The fourth-order valence-electron chi connectivity index (χ4n) is 2.14. The van der Waals surface area contributed by atoms with Gasteiger partial charge in [0, 0.05) is 13.0 Å². The SMILES string of the molecule is Cc1nc(N)sc1SCc1nnc2n1CCCC2. The van der Waals surface area contributed by atoms with Crippen molar-refractivity contribution in [2.24, 2.45) is 0 Å². The Hall–Kier alpha value is -1.08. The molecule has 0 fully saturated rings. The normalized spacial score (nSPS) is 14.7. The third kappa shape index (κ3) is 2.24. The Morgan fingerprint density at radius 3 is 3.06 bits per heavy atom. The maximum atomic E-state index is 5.70. The minimum atomic E-state index is 0.637. The maximum Gasteiger partial charge on any atom is 0.181 e. The zero-order valence-electron chi connectivity index (χ0n) is 10.2. The van der Waals surface area contributed by atoms with Crippen LogP contribution in [0.3, 0.4) is 0 Å². The van der Waals surface area contributed by atoms with Crippen LogP contribution in [0.15, 0.2) is 4.21 Å². The first-order chi connectivity index (χ1) is 8.74. The van der Waals surface area contributed by atoms with E-state index in [1.807, 2.05) is 6.92 Å². The number of aryl methyl sites for hydroxylation is 2. The minimum Gasteiger partial charge on any atom is -0.375 e. The topological polar surface area (TPSA) is 69.6 Å². The first-order valence-electron chi connectivity index (χ1n) is 6.00. The molecule has 18 heavy (non-hydrogen) atoms. The lowest BCUT2D eigenvalue weighted by atomic mass is 10.2. The average Bonchev–Trinajstić information content (AvgIpc) is 2.90. The van der Waals surface area contributed by atoms with Crippen LogP contribution in [0.5, 0.6) is 0 Å². The third-order valence-corrected chi connectivity index (χ3v) is 5.38. The van der Waals surface area contributed by atoms with Crippen LogP contribution in [0.4, 0.5) is 5.13 Å². The van der Waals surface area contributed by atoms with Gasteiger partial charge in [-0.25, -0.2) is 4.98 Å². The molecular weight excluding hydrogens is 266 g/mol. The molecule has 1 aliphatic rings. The number of aromatic nitrogens is 4. The van der Waals surface area contributed by atoms with Crippen molar-refractivity contribution in [3.63, 3.8) is 0 Å². The summed E-state index contributed by atoms with van der Waals surface area (Å²) in [7, 11) is 0. The summed E-state index contributed by atoms with van der Waals surface area (Å²) in [6.45, 7) is 3.05. The number of rotatable bonds is 3. The summed E-state index contributed by atoms with van der Waals surface area (Å²) in [6, 6.07) is 0. The first-order valence-corrected chi connectivity index (χ1v) is 7.81. The number of nitrogens with zero attached hydrogens (tertiary/aromatic N) is 4. The van der Waals surface area contributed by atoms with Crippen molar-refractivity contribution in [2.45, 2.75) is 42.7 Å². The molecule has 7 heteroatoms. The zero-order chi connectivity index (χ0) is 12.5. The van der Waals surface area contributed by atoms with Crippen molar-refractivity contribution in [2.75, 3.05) is 5.73 Å². The molecule has 3 heterocycles. The van der Waals surface area contributed by atoms with Gasteiger partial charge in [0.15, 0.2) is 5.13 Å². The van der Waals surface area contributed by atoms with Crippen molar-refractivity contribution in [3.8, 4) is 0 Å². The fourth-order valence-corrected chi connectivity index (χ4v) is 4.10. The summed E-state index contributed by atoms with van der Waals surface area (Å²) in [4.78, 5) is 4.23. The van der Waals surface area contributed by atoms with Crippen molar-refractivity contribution >= 4 is 28.2 Å². The summed E-state index contributed by atoms with van der Waals surface area (Å²) in [5.41, 5.74) is 6.71. The van der Waals surface area contributed by atoms with Gasteiger partial charge >= 0.3 is 0 Å². The summed E-state index contributed by atoms with van der Waals surface area (Å²) < 4.78 is 3.44. The second-order valence-corrected chi connectivity index (χ2v) is 6.63. The molecular formula is C11H15N5S2. The number of nitrogen functional groups attached to an aromatic ring is 1. The van der Waals surface area contributed by atoms with E-state index < -0.39 is 0 Å². The molecule has 2 aromatic rings. The number of hydrogen-bond donors (Lipinski definition) is 1. The van der Waals surface area contributed by atoms with Crippen LogP contribution < -0.4 is 5.73 Å². The Morgan fingerprint density at radius 1 is 1.39 bits per heavy atom. The molecule has 0 amide bonds. The van der Waals surface area contributed by atoms with E-state index in [1.165, 1.54) is 17.1 Å². The lowest BCUT2D eigenvalue weighted by molar-refractivity contribution is 0.513. The smallest absolute Gasteiger partial charge is 0.181 e. The van der Waals surface area contributed by atoms with E-state index >= 15 is 0 Å². The van der Waals surface area contributed by atoms with Crippen LogP contribution in [-0.2, 0) is 18.7 Å². The summed E-state index contributed by atoms with van der Waals surface area (Å²) >= 11 is 3.30. The van der Waals surface area contributed by atoms with Crippen LogP contribution in [0.1, 0.15) is 30.2 Å². The van der Waals surface area contributed by atoms with Gasteiger partial charge in [-0.15, -0.1) is 22.0 Å². The van der Waals surface area contributed by atoms with Gasteiger partial charge in [0.05, 0.1) is 15.7 Å². The summed E-state index contributed by atoms with van der Waals surface area (Å²) in [5, 5.41) is 9.19. The highest BCUT2D eigenvalue weighted by molar-refractivity contribution is 8.00. The molecule has 2 N–H and O–H groups in total. The van der Waals surface area contributed by atoms with Gasteiger partial charge in [0.1, 0.15) is 11.6 Å². The van der Waals surface area contributed by atoms with E-state index in [1.54, 1.807) is 23.1 Å². The van der Waals surface area contributed by atoms with Gasteiger partial charge in [-0.1, -0.05) is 11.3 Å². The summed E-state index contributed by atoms with van der Waals surface area (Å²) in [6.07, 6.45) is 3.52. The molecule has 0 unspecified atom stereocenters. The van der Waals surface area contributed by atoms with Gasteiger partial charge in [0.25, 0.3) is 0 Å². The number of anilines is 1. The molecule has 3 rings (SSSR count). The fraction of sp³-hybridized carbons (Fsp3) is 0.545. The zero-order valence-corrected chi connectivity index (χ0v) is 11.9. The molecule has 0 saturated carbocycles. The van der Waals surface area contributed by atoms with Crippen molar-refractivity contribution < 1.29 is 0 Å². The van der Waals surface area contributed by atoms with Gasteiger partial charge < -0.3 is 10.3 Å². The lowest BCUT2D eigenvalue weighted by Crippen LogP contribution is -2.12. The van der Waals surface area contributed by atoms with Crippen LogP contribution in [0.25, 0.3) is 0 Å². The molecule has 0 bridgehead atoms. The Bertz CT molecular complexity index is 560. The Balaban J connectivity index is 1.73. The van der Waals surface area contributed by atoms with E-state index in [4.69, 9.17) is 5.73 Å². The van der Waals surface area contributed by atoms with Crippen LogP contribution in [-0.4, -0.2) is 19.7 Å². The van der Waals surface area contributed by atoms with Gasteiger partial charge in [-0.05, 0) is 19.8 Å².